The maximum absolute atomic E-state index is 11.7. The zero-order chi connectivity index (χ0) is 15.2. The van der Waals surface area contributed by atoms with Crippen molar-refractivity contribution < 1.29 is 9.90 Å². The van der Waals surface area contributed by atoms with Crippen molar-refractivity contribution in [2.24, 2.45) is 0 Å². The topological polar surface area (TPSA) is 55.8 Å². The number of halogens is 2. The molecule has 5 nitrogen and oxygen atoms in total. The molecule has 1 unspecified atom stereocenters. The molecule has 8 heteroatoms. The first-order valence-electron chi connectivity index (χ1n) is 7.50. The zero-order valence-corrected chi connectivity index (χ0v) is 16.1. The van der Waals surface area contributed by atoms with Crippen LogP contribution in [0.15, 0.2) is 17.5 Å². The Balaban J connectivity index is 0.00000242. The Morgan fingerprint density at radius 1 is 1.26 bits per heavy atom. The quantitative estimate of drug-likeness (QED) is 0.785. The van der Waals surface area contributed by atoms with Gasteiger partial charge in [-0.2, -0.15) is 0 Å². The summed E-state index contributed by atoms with van der Waals surface area (Å²) in [5.41, 5.74) is 0. The highest BCUT2D eigenvalue weighted by molar-refractivity contribution is 7.10. The third kappa shape index (κ3) is 7.83. The summed E-state index contributed by atoms with van der Waals surface area (Å²) in [6.45, 7) is 8.65. The second-order valence-corrected chi connectivity index (χ2v) is 6.81. The van der Waals surface area contributed by atoms with Gasteiger partial charge in [-0.05, 0) is 25.3 Å². The average molecular weight is 384 g/mol. The van der Waals surface area contributed by atoms with Crippen molar-refractivity contribution in [3.63, 3.8) is 0 Å². The van der Waals surface area contributed by atoms with Crippen molar-refractivity contribution in [2.75, 3.05) is 39.3 Å². The van der Waals surface area contributed by atoms with Crippen LogP contribution in [0.3, 0.4) is 0 Å². The predicted octanol–water partition coefficient (Wildman–Crippen LogP) is 1.77. The number of rotatable bonds is 6. The van der Waals surface area contributed by atoms with Gasteiger partial charge in [0.05, 0.1) is 6.54 Å². The molecule has 2 N–H and O–H groups in total. The molecule has 1 aromatic heterocycles. The van der Waals surface area contributed by atoms with Crippen molar-refractivity contribution in [1.82, 2.24) is 15.1 Å². The maximum atomic E-state index is 11.7. The minimum absolute atomic E-state index is 0. The lowest BCUT2D eigenvalue weighted by Crippen LogP contribution is -2.50. The van der Waals surface area contributed by atoms with Crippen molar-refractivity contribution in [3.05, 3.63) is 22.4 Å². The van der Waals surface area contributed by atoms with Crippen LogP contribution in [-0.2, 0) is 4.79 Å². The fourth-order valence-corrected chi connectivity index (χ4v) is 3.22. The molecule has 0 aliphatic carbocycles. The number of hydrogen-bond donors (Lipinski definition) is 2. The van der Waals surface area contributed by atoms with Gasteiger partial charge in [-0.15, -0.1) is 36.2 Å². The number of aliphatic hydroxyl groups excluding tert-OH is 1. The number of hydrogen-bond acceptors (Lipinski definition) is 5. The number of amides is 1. The number of piperazine rings is 1. The molecule has 0 bridgehead atoms. The Morgan fingerprint density at radius 2 is 1.87 bits per heavy atom. The SMILES string of the molecule is CC(C)NC(=O)CN1CCN(CC(O)c2cccs2)CC1.Cl.Cl. The third-order valence-corrected chi connectivity index (χ3v) is 4.56. The van der Waals surface area contributed by atoms with E-state index < -0.39 is 6.10 Å². The molecule has 2 heterocycles. The third-order valence-electron chi connectivity index (χ3n) is 3.58. The summed E-state index contributed by atoms with van der Waals surface area (Å²) in [6, 6.07) is 4.13. The van der Waals surface area contributed by atoms with Gasteiger partial charge >= 0.3 is 0 Å². The molecule has 1 amide bonds. The second kappa shape index (κ2) is 11.2. The Bertz CT molecular complexity index is 438. The van der Waals surface area contributed by atoms with Crippen molar-refractivity contribution in [3.8, 4) is 0 Å². The Morgan fingerprint density at radius 3 is 2.39 bits per heavy atom. The van der Waals surface area contributed by atoms with Crippen LogP contribution < -0.4 is 5.32 Å². The molecule has 1 aliphatic rings. The van der Waals surface area contributed by atoms with E-state index in [1.54, 1.807) is 11.3 Å². The van der Waals surface area contributed by atoms with E-state index in [1.165, 1.54) is 0 Å². The van der Waals surface area contributed by atoms with E-state index in [-0.39, 0.29) is 36.8 Å². The van der Waals surface area contributed by atoms with Gasteiger partial charge in [-0.1, -0.05) is 6.07 Å². The van der Waals surface area contributed by atoms with Gasteiger partial charge in [0.1, 0.15) is 6.10 Å². The molecule has 0 saturated carbocycles. The summed E-state index contributed by atoms with van der Waals surface area (Å²) in [5.74, 6) is 0.0945. The summed E-state index contributed by atoms with van der Waals surface area (Å²) >= 11 is 1.59. The molecular weight excluding hydrogens is 357 g/mol. The summed E-state index contributed by atoms with van der Waals surface area (Å²) in [6.07, 6.45) is -0.402. The van der Waals surface area contributed by atoms with Crippen LogP contribution in [0, 0.1) is 0 Å². The number of thiophene rings is 1. The van der Waals surface area contributed by atoms with E-state index in [9.17, 15) is 9.90 Å². The van der Waals surface area contributed by atoms with Gasteiger partial charge in [0, 0.05) is 43.6 Å². The smallest absolute Gasteiger partial charge is 0.234 e. The lowest BCUT2D eigenvalue weighted by Gasteiger charge is -2.35. The molecule has 0 spiro atoms. The van der Waals surface area contributed by atoms with Gasteiger partial charge in [0.25, 0.3) is 0 Å². The molecule has 23 heavy (non-hydrogen) atoms. The highest BCUT2D eigenvalue weighted by atomic mass is 35.5. The predicted molar refractivity (Wildman–Crippen MR) is 99.9 cm³/mol. The van der Waals surface area contributed by atoms with Crippen molar-refractivity contribution in [2.45, 2.75) is 26.0 Å². The number of nitrogens with one attached hydrogen (secondary N) is 1. The molecule has 134 valence electrons. The minimum Gasteiger partial charge on any atom is -0.386 e. The van der Waals surface area contributed by atoms with Gasteiger partial charge in [-0.3, -0.25) is 14.6 Å². The number of carbonyl (C=O) groups excluding carboxylic acids is 1. The average Bonchev–Trinajstić information content (AvgIpc) is 2.94. The molecule has 2 rings (SSSR count). The Hall–Kier alpha value is -0.370. The second-order valence-electron chi connectivity index (χ2n) is 5.83. The molecular formula is C15H27Cl2N3O2S. The maximum Gasteiger partial charge on any atom is 0.234 e. The van der Waals surface area contributed by atoms with E-state index in [4.69, 9.17) is 0 Å². The summed E-state index contributed by atoms with van der Waals surface area (Å²) in [7, 11) is 0. The number of β-amino-alcohol motifs (C(OH)–C–C–N with tert-alkyl or cyclic N) is 1. The monoisotopic (exact) mass is 383 g/mol. The van der Waals surface area contributed by atoms with Crippen LogP contribution in [0.25, 0.3) is 0 Å². The van der Waals surface area contributed by atoms with E-state index in [0.29, 0.717) is 13.1 Å². The number of carbonyl (C=O) groups is 1. The molecule has 1 saturated heterocycles. The Labute approximate surface area is 154 Å². The van der Waals surface area contributed by atoms with Crippen LogP contribution in [0.1, 0.15) is 24.8 Å². The van der Waals surface area contributed by atoms with E-state index in [0.717, 1.165) is 31.1 Å². The van der Waals surface area contributed by atoms with Gasteiger partial charge in [-0.25, -0.2) is 0 Å². The first-order valence-corrected chi connectivity index (χ1v) is 8.38. The van der Waals surface area contributed by atoms with Gasteiger partial charge in [0.2, 0.25) is 5.91 Å². The van der Waals surface area contributed by atoms with E-state index >= 15 is 0 Å². The first-order chi connectivity index (χ1) is 10.0. The van der Waals surface area contributed by atoms with Crippen LogP contribution >= 0.6 is 36.2 Å². The first kappa shape index (κ1) is 22.6. The highest BCUT2D eigenvalue weighted by Gasteiger charge is 2.21. The Kier molecular flexibility index (Phi) is 11.1. The molecule has 0 radical (unpaired) electrons. The van der Waals surface area contributed by atoms with Crippen molar-refractivity contribution >= 4 is 42.1 Å². The fraction of sp³-hybridized carbons (Fsp3) is 0.667. The van der Waals surface area contributed by atoms with Crippen LogP contribution in [0.5, 0.6) is 0 Å². The summed E-state index contributed by atoms with van der Waals surface area (Å²) < 4.78 is 0. The standard InChI is InChI=1S/C15H25N3O2S.2ClH/c1-12(2)16-15(20)11-18-7-5-17(6-8-18)10-13(19)14-4-3-9-21-14;;/h3-4,9,12-13,19H,5-8,10-11H2,1-2H3,(H,16,20);2*1H. The van der Waals surface area contributed by atoms with E-state index in [1.807, 2.05) is 31.4 Å². The minimum atomic E-state index is -0.402. The van der Waals surface area contributed by atoms with Crippen LogP contribution in [0.2, 0.25) is 0 Å². The molecule has 1 fully saturated rings. The molecule has 1 aromatic rings. The van der Waals surface area contributed by atoms with Gasteiger partial charge < -0.3 is 10.4 Å². The van der Waals surface area contributed by atoms with Crippen LogP contribution in [-0.4, -0.2) is 66.1 Å². The normalized spacial score (nSPS) is 17.2. The fourth-order valence-electron chi connectivity index (χ4n) is 2.52. The number of aliphatic hydroxyl groups is 1. The molecule has 0 aromatic carbocycles. The van der Waals surface area contributed by atoms with Crippen LogP contribution in [0.4, 0.5) is 0 Å². The summed E-state index contributed by atoms with van der Waals surface area (Å²) in [5, 5.41) is 15.1. The lowest BCUT2D eigenvalue weighted by molar-refractivity contribution is -0.123. The largest absolute Gasteiger partial charge is 0.386 e. The van der Waals surface area contributed by atoms with Crippen molar-refractivity contribution in [1.29, 1.82) is 0 Å². The highest BCUT2D eigenvalue weighted by Crippen LogP contribution is 2.20. The van der Waals surface area contributed by atoms with E-state index in [2.05, 4.69) is 15.1 Å². The molecule has 1 aliphatic heterocycles. The molecule has 1 atom stereocenters. The van der Waals surface area contributed by atoms with Gasteiger partial charge in [0.15, 0.2) is 0 Å². The lowest BCUT2D eigenvalue weighted by atomic mass is 10.2. The summed E-state index contributed by atoms with van der Waals surface area (Å²) in [4.78, 5) is 17.2. The zero-order valence-electron chi connectivity index (χ0n) is 13.6. The number of nitrogens with zero attached hydrogens (tertiary/aromatic N) is 2.